The van der Waals surface area contributed by atoms with Gasteiger partial charge in [0, 0.05) is 29.6 Å². The summed E-state index contributed by atoms with van der Waals surface area (Å²) in [5.74, 6) is -0.582. The lowest BCUT2D eigenvalue weighted by molar-refractivity contribution is -0.286. The van der Waals surface area contributed by atoms with E-state index in [9.17, 15) is 8.78 Å². The van der Waals surface area contributed by atoms with Gasteiger partial charge in [-0.1, -0.05) is 6.07 Å². The minimum atomic E-state index is -3.70. The molecule has 7 rings (SSSR count). The number of ether oxygens (including phenoxy) is 4. The highest BCUT2D eigenvalue weighted by atomic mass is 19.3. The van der Waals surface area contributed by atoms with Crippen LogP contribution in [0, 0.1) is 5.82 Å². The predicted molar refractivity (Wildman–Crippen MR) is 124 cm³/mol. The third-order valence-electron chi connectivity index (χ3n) is 7.45. The Kier molecular flexibility index (Phi) is 5.68. The van der Waals surface area contributed by atoms with Crippen LogP contribution in [-0.4, -0.2) is 48.2 Å². The number of fused-ring (bicyclic) bond motifs is 5. The second-order valence-electron chi connectivity index (χ2n) is 9.76. The Hall–Kier alpha value is -3.11. The molecular weight excluding hydrogens is 475 g/mol. The number of benzene rings is 1. The summed E-state index contributed by atoms with van der Waals surface area (Å²) in [6.45, 7) is 1.06. The summed E-state index contributed by atoms with van der Waals surface area (Å²) in [4.78, 5) is 8.72. The lowest BCUT2D eigenvalue weighted by Gasteiger charge is -2.47. The van der Waals surface area contributed by atoms with Crippen molar-refractivity contribution in [1.29, 1.82) is 0 Å². The van der Waals surface area contributed by atoms with Crippen molar-refractivity contribution in [2.45, 2.75) is 56.0 Å². The summed E-state index contributed by atoms with van der Waals surface area (Å²) in [6, 6.07) is 8.09. The van der Waals surface area contributed by atoms with Gasteiger partial charge in [0.1, 0.15) is 5.82 Å². The summed E-state index contributed by atoms with van der Waals surface area (Å²) in [5.41, 5.74) is 1.90. The molecule has 3 fully saturated rings. The van der Waals surface area contributed by atoms with Crippen LogP contribution in [0.4, 0.5) is 13.2 Å². The van der Waals surface area contributed by atoms with Gasteiger partial charge in [-0.2, -0.15) is 0 Å². The highest BCUT2D eigenvalue weighted by Crippen LogP contribution is 2.42. The van der Waals surface area contributed by atoms with Crippen molar-refractivity contribution >= 4 is 11.0 Å². The monoisotopic (exact) mass is 501 g/mol. The number of methoxy groups -OCH3 is 1. The molecule has 2 aromatic heterocycles. The summed E-state index contributed by atoms with van der Waals surface area (Å²) in [7, 11) is 1.50. The predicted octanol–water partition coefficient (Wildman–Crippen LogP) is 4.73. The van der Waals surface area contributed by atoms with Crippen molar-refractivity contribution in [1.82, 2.24) is 15.3 Å². The lowest BCUT2D eigenvalue weighted by atomic mass is 9.77. The Bertz CT molecular complexity index is 1280. The van der Waals surface area contributed by atoms with Crippen molar-refractivity contribution < 1.29 is 32.1 Å². The van der Waals surface area contributed by atoms with E-state index in [0.717, 1.165) is 25.7 Å². The standard InChI is InChI=1S/C26H26F3N3O4/c1-33-22-5-3-19-24(32-22)23(18(27)13-30-19)16(12-31-25-8-6-17(7-9-25)34-14-25)10-15-2-4-20-21(11-15)36-26(28,29)35-20/h2-5,11,13,16-17,31H,6-10,12,14H2,1H3. The second kappa shape index (κ2) is 8.77. The maximum absolute atomic E-state index is 15.4. The SMILES string of the molecule is COc1ccc2ncc(F)c(C(CNC34CCC(CC3)OC4)Cc3ccc4c(c3)OC(F)(F)O4)c2n1. The molecule has 2 saturated heterocycles. The van der Waals surface area contributed by atoms with Crippen molar-refractivity contribution in [3.05, 3.63) is 53.5 Å². The van der Waals surface area contributed by atoms with Crippen LogP contribution >= 0.6 is 0 Å². The lowest BCUT2D eigenvalue weighted by Crippen LogP contribution is -2.58. The van der Waals surface area contributed by atoms with E-state index >= 15 is 4.39 Å². The van der Waals surface area contributed by atoms with E-state index < -0.39 is 12.1 Å². The molecule has 0 radical (unpaired) electrons. The number of rotatable bonds is 7. The summed E-state index contributed by atoms with van der Waals surface area (Å²) < 4.78 is 63.0. The Morgan fingerprint density at radius 3 is 2.69 bits per heavy atom. The van der Waals surface area contributed by atoms with Crippen molar-refractivity contribution in [3.8, 4) is 17.4 Å². The maximum atomic E-state index is 15.4. The maximum Gasteiger partial charge on any atom is 0.586 e. The van der Waals surface area contributed by atoms with Gasteiger partial charge in [0.05, 0.1) is 37.1 Å². The van der Waals surface area contributed by atoms with E-state index in [1.54, 1.807) is 18.2 Å². The number of hydrogen-bond acceptors (Lipinski definition) is 7. The zero-order chi connectivity index (χ0) is 24.9. The Labute approximate surface area is 205 Å². The molecule has 1 saturated carbocycles. The largest absolute Gasteiger partial charge is 0.586 e. The molecule has 1 aromatic carbocycles. The fourth-order valence-electron chi connectivity index (χ4n) is 5.53. The third kappa shape index (κ3) is 4.32. The van der Waals surface area contributed by atoms with Gasteiger partial charge in [0.15, 0.2) is 11.5 Å². The summed E-state index contributed by atoms with van der Waals surface area (Å²) >= 11 is 0. The normalized spacial score (nSPS) is 24.7. The second-order valence-corrected chi connectivity index (χ2v) is 9.76. The van der Waals surface area contributed by atoms with Gasteiger partial charge in [-0.3, -0.25) is 4.98 Å². The molecule has 1 atom stereocenters. The van der Waals surface area contributed by atoms with Crippen LogP contribution in [-0.2, 0) is 11.2 Å². The Balaban J connectivity index is 1.36. The molecule has 1 aliphatic carbocycles. The minimum Gasteiger partial charge on any atom is -0.481 e. The van der Waals surface area contributed by atoms with Gasteiger partial charge in [-0.05, 0) is 55.9 Å². The topological polar surface area (TPSA) is 74.7 Å². The van der Waals surface area contributed by atoms with Gasteiger partial charge >= 0.3 is 6.29 Å². The van der Waals surface area contributed by atoms with Gasteiger partial charge in [0.2, 0.25) is 5.88 Å². The van der Waals surface area contributed by atoms with E-state index in [0.29, 0.717) is 53.7 Å². The van der Waals surface area contributed by atoms with Crippen LogP contribution < -0.4 is 19.5 Å². The molecule has 7 nitrogen and oxygen atoms in total. The molecule has 0 amide bonds. The van der Waals surface area contributed by atoms with Gasteiger partial charge < -0.3 is 24.3 Å². The molecule has 10 heteroatoms. The fourth-order valence-corrected chi connectivity index (χ4v) is 5.53. The molecule has 3 aromatic rings. The average Bonchev–Trinajstić information content (AvgIpc) is 3.20. The molecule has 3 aliphatic heterocycles. The van der Waals surface area contributed by atoms with Crippen molar-refractivity contribution in [2.24, 2.45) is 0 Å². The van der Waals surface area contributed by atoms with E-state index in [4.69, 9.17) is 9.47 Å². The Morgan fingerprint density at radius 2 is 1.94 bits per heavy atom. The van der Waals surface area contributed by atoms with Gasteiger partial charge in [0.25, 0.3) is 0 Å². The van der Waals surface area contributed by atoms with E-state index in [1.165, 1.54) is 25.4 Å². The first-order valence-corrected chi connectivity index (χ1v) is 12.1. The molecule has 1 unspecified atom stereocenters. The van der Waals surface area contributed by atoms with Crippen LogP contribution in [0.15, 0.2) is 36.5 Å². The third-order valence-corrected chi connectivity index (χ3v) is 7.45. The molecule has 36 heavy (non-hydrogen) atoms. The quantitative estimate of drug-likeness (QED) is 0.502. The zero-order valence-electron chi connectivity index (χ0n) is 19.7. The molecular formula is C26H26F3N3O4. The molecule has 4 aliphatic rings. The highest BCUT2D eigenvalue weighted by Gasteiger charge is 2.44. The number of hydrogen-bond donors (Lipinski definition) is 1. The summed E-state index contributed by atoms with van der Waals surface area (Å²) in [6.07, 6.45) is 2.17. The Morgan fingerprint density at radius 1 is 1.14 bits per heavy atom. The van der Waals surface area contributed by atoms with Crippen LogP contribution in [0.5, 0.6) is 17.4 Å². The van der Waals surface area contributed by atoms with Crippen LogP contribution in [0.25, 0.3) is 11.0 Å². The highest BCUT2D eigenvalue weighted by molar-refractivity contribution is 5.79. The number of nitrogens with one attached hydrogen (secondary N) is 1. The zero-order valence-corrected chi connectivity index (χ0v) is 19.7. The smallest absolute Gasteiger partial charge is 0.481 e. The first-order chi connectivity index (χ1) is 17.3. The number of pyridine rings is 2. The minimum absolute atomic E-state index is 0.0274. The van der Waals surface area contributed by atoms with Gasteiger partial charge in [-0.25, -0.2) is 9.37 Å². The number of alkyl halides is 2. The summed E-state index contributed by atoms with van der Waals surface area (Å²) in [5, 5.41) is 3.68. The van der Waals surface area contributed by atoms with Crippen LogP contribution in [0.1, 0.15) is 42.7 Å². The van der Waals surface area contributed by atoms with E-state index in [-0.39, 0.29) is 23.0 Å². The van der Waals surface area contributed by atoms with Crippen molar-refractivity contribution in [3.63, 3.8) is 0 Å². The van der Waals surface area contributed by atoms with Gasteiger partial charge in [-0.15, -0.1) is 8.78 Å². The number of halogens is 3. The number of nitrogens with zero attached hydrogens (tertiary/aromatic N) is 2. The van der Waals surface area contributed by atoms with Crippen molar-refractivity contribution in [2.75, 3.05) is 20.3 Å². The van der Waals surface area contributed by atoms with E-state index in [2.05, 4.69) is 24.8 Å². The fraction of sp³-hybridized carbons (Fsp3) is 0.462. The number of aromatic nitrogens is 2. The first-order valence-electron chi connectivity index (χ1n) is 12.1. The molecule has 0 spiro atoms. The molecule has 1 N–H and O–H groups in total. The molecule has 2 bridgehead atoms. The molecule has 190 valence electrons. The average molecular weight is 502 g/mol. The van der Waals surface area contributed by atoms with Crippen LogP contribution in [0.2, 0.25) is 0 Å². The van der Waals surface area contributed by atoms with E-state index in [1.807, 2.05) is 0 Å². The first kappa shape index (κ1) is 23.3. The van der Waals surface area contributed by atoms with Crippen LogP contribution in [0.3, 0.4) is 0 Å². The molecule has 5 heterocycles.